The third kappa shape index (κ3) is 4.38. The van der Waals surface area contributed by atoms with Crippen molar-refractivity contribution in [1.82, 2.24) is 5.32 Å². The summed E-state index contributed by atoms with van der Waals surface area (Å²) in [5.74, 6) is -2.30. The minimum absolute atomic E-state index is 0.139. The lowest BCUT2D eigenvalue weighted by atomic mass is 9.77. The van der Waals surface area contributed by atoms with Crippen LogP contribution in [0.1, 0.15) is 52.2 Å². The molecule has 1 spiro atoms. The molecule has 3 aliphatic heterocycles. The molecule has 184 valence electrons. The Labute approximate surface area is 201 Å². The molecule has 3 heterocycles. The molecule has 5 atom stereocenters. The number of nitrogens with zero attached hydrogens (tertiary/aromatic N) is 1. The molecular formula is C27H36N2O5. The van der Waals surface area contributed by atoms with E-state index in [2.05, 4.69) is 5.32 Å². The summed E-state index contributed by atoms with van der Waals surface area (Å²) in [5.41, 5.74) is 1.65. The summed E-state index contributed by atoms with van der Waals surface area (Å²) in [6, 6.07) is 5.96. The highest BCUT2D eigenvalue weighted by Crippen LogP contribution is 2.53. The van der Waals surface area contributed by atoms with Crippen LogP contribution in [0.4, 0.5) is 5.69 Å². The number of carbonyl (C=O) groups is 3. The largest absolute Gasteiger partial charge is 0.452 e. The third-order valence-electron chi connectivity index (χ3n) is 6.75. The highest BCUT2D eigenvalue weighted by atomic mass is 16.6. The minimum Gasteiger partial charge on any atom is -0.452 e. The fraction of sp³-hybridized carbons (Fsp3) is 0.593. The normalized spacial score (nSPS) is 28.4. The van der Waals surface area contributed by atoms with Gasteiger partial charge in [-0.3, -0.25) is 14.4 Å². The van der Waals surface area contributed by atoms with Gasteiger partial charge in [-0.2, -0.15) is 0 Å². The number of benzene rings is 1. The van der Waals surface area contributed by atoms with Crippen molar-refractivity contribution in [1.29, 1.82) is 0 Å². The Morgan fingerprint density at radius 1 is 1.26 bits per heavy atom. The third-order valence-corrected chi connectivity index (χ3v) is 6.75. The Bertz CT molecular complexity index is 1040. The van der Waals surface area contributed by atoms with E-state index in [1.165, 1.54) is 0 Å². The number of fused-ring (bicyclic) bond motifs is 1. The number of rotatable bonds is 6. The first kappa shape index (κ1) is 24.5. The van der Waals surface area contributed by atoms with Gasteiger partial charge in [0.1, 0.15) is 11.5 Å². The van der Waals surface area contributed by atoms with Crippen molar-refractivity contribution in [3.63, 3.8) is 0 Å². The molecule has 7 heteroatoms. The van der Waals surface area contributed by atoms with Crippen LogP contribution >= 0.6 is 0 Å². The molecule has 2 amide bonds. The fourth-order valence-corrected chi connectivity index (χ4v) is 5.39. The van der Waals surface area contributed by atoms with Gasteiger partial charge >= 0.3 is 5.97 Å². The molecule has 0 aromatic heterocycles. The van der Waals surface area contributed by atoms with E-state index in [0.717, 1.165) is 16.8 Å². The van der Waals surface area contributed by atoms with Crippen LogP contribution in [0.3, 0.4) is 0 Å². The Hall–Kier alpha value is -2.67. The molecule has 1 aromatic rings. The number of ether oxygens (including phenoxy) is 2. The molecule has 2 fully saturated rings. The smallest absolute Gasteiger partial charge is 0.313 e. The van der Waals surface area contributed by atoms with E-state index in [0.29, 0.717) is 13.0 Å². The van der Waals surface area contributed by atoms with Gasteiger partial charge in [0, 0.05) is 11.2 Å². The van der Waals surface area contributed by atoms with Crippen LogP contribution in [-0.4, -0.2) is 47.7 Å². The summed E-state index contributed by atoms with van der Waals surface area (Å²) in [4.78, 5) is 41.7. The Morgan fingerprint density at radius 3 is 2.59 bits per heavy atom. The quantitative estimate of drug-likeness (QED) is 0.511. The highest BCUT2D eigenvalue weighted by Gasteiger charge is 2.67. The summed E-state index contributed by atoms with van der Waals surface area (Å²) in [5, 5.41) is 2.91. The standard InChI is InChI=1S/C27H36N2O5/c1-15(2)12-20(23(30)28-26(5,6)7)33-25(32)21-19-10-11-27(34-19)14-29(24(31)22(21)27)18-9-8-16(3)13-17(18)4/h8-11,13,15,19-22H,12,14H2,1-7H3,(H,28,30)/t19-,20+,21+,22-,27-/m1/s1. The zero-order valence-corrected chi connectivity index (χ0v) is 21.2. The van der Waals surface area contributed by atoms with Gasteiger partial charge < -0.3 is 19.7 Å². The molecule has 34 heavy (non-hydrogen) atoms. The molecule has 1 N–H and O–H groups in total. The van der Waals surface area contributed by atoms with Gasteiger partial charge in [0.25, 0.3) is 5.91 Å². The average Bonchev–Trinajstić information content (AvgIpc) is 3.34. The monoisotopic (exact) mass is 468 g/mol. The van der Waals surface area contributed by atoms with Crippen LogP contribution in [-0.2, 0) is 23.9 Å². The Morgan fingerprint density at radius 2 is 1.97 bits per heavy atom. The maximum Gasteiger partial charge on any atom is 0.313 e. The minimum atomic E-state index is -0.919. The molecule has 3 aliphatic rings. The lowest BCUT2D eigenvalue weighted by Gasteiger charge is -2.28. The van der Waals surface area contributed by atoms with E-state index >= 15 is 0 Å². The van der Waals surface area contributed by atoms with E-state index in [1.807, 2.05) is 78.8 Å². The lowest BCUT2D eigenvalue weighted by molar-refractivity contribution is -0.163. The summed E-state index contributed by atoms with van der Waals surface area (Å²) in [6.07, 6.45) is 2.74. The summed E-state index contributed by atoms with van der Waals surface area (Å²) < 4.78 is 12.0. The van der Waals surface area contributed by atoms with Gasteiger partial charge in [-0.05, 0) is 58.6 Å². The van der Waals surface area contributed by atoms with Crippen molar-refractivity contribution in [3.8, 4) is 0 Å². The van der Waals surface area contributed by atoms with Gasteiger partial charge in [0.05, 0.1) is 18.6 Å². The predicted octanol–water partition coefficient (Wildman–Crippen LogP) is 3.46. The van der Waals surface area contributed by atoms with Gasteiger partial charge in [-0.1, -0.05) is 43.7 Å². The van der Waals surface area contributed by atoms with Crippen LogP contribution < -0.4 is 10.2 Å². The maximum absolute atomic E-state index is 13.6. The van der Waals surface area contributed by atoms with Crippen molar-refractivity contribution in [3.05, 3.63) is 41.5 Å². The summed E-state index contributed by atoms with van der Waals surface area (Å²) in [7, 11) is 0. The zero-order valence-electron chi connectivity index (χ0n) is 21.2. The average molecular weight is 469 g/mol. The van der Waals surface area contributed by atoms with Crippen molar-refractivity contribution >= 4 is 23.5 Å². The number of carbonyl (C=O) groups excluding carboxylic acids is 3. The number of esters is 1. The molecule has 1 aromatic carbocycles. The second kappa shape index (κ2) is 8.52. The first-order valence-corrected chi connectivity index (χ1v) is 12.1. The highest BCUT2D eigenvalue weighted by molar-refractivity contribution is 6.03. The summed E-state index contributed by atoms with van der Waals surface area (Å²) >= 11 is 0. The van der Waals surface area contributed by atoms with Crippen LogP contribution in [0.5, 0.6) is 0 Å². The van der Waals surface area contributed by atoms with Crippen LogP contribution in [0.2, 0.25) is 0 Å². The molecule has 0 aliphatic carbocycles. The van der Waals surface area contributed by atoms with Crippen molar-refractivity contribution < 1.29 is 23.9 Å². The number of hydrogen-bond donors (Lipinski definition) is 1. The molecule has 0 unspecified atom stereocenters. The molecule has 2 saturated heterocycles. The molecular weight excluding hydrogens is 432 g/mol. The maximum atomic E-state index is 13.6. The van der Waals surface area contributed by atoms with Crippen LogP contribution in [0.15, 0.2) is 30.4 Å². The van der Waals surface area contributed by atoms with Crippen molar-refractivity contribution in [2.75, 3.05) is 11.4 Å². The summed E-state index contributed by atoms with van der Waals surface area (Å²) in [6.45, 7) is 14.0. The molecule has 7 nitrogen and oxygen atoms in total. The fourth-order valence-electron chi connectivity index (χ4n) is 5.39. The molecule has 0 saturated carbocycles. The van der Waals surface area contributed by atoms with Crippen molar-refractivity contribution in [2.24, 2.45) is 17.8 Å². The van der Waals surface area contributed by atoms with Crippen LogP contribution in [0, 0.1) is 31.6 Å². The van der Waals surface area contributed by atoms with Crippen LogP contribution in [0.25, 0.3) is 0 Å². The Balaban J connectivity index is 1.58. The SMILES string of the molecule is Cc1ccc(N2C[C@@]34C=C[C@@H](O3)[C@H](C(=O)O[C@@H](CC(C)C)C(=O)NC(C)(C)C)[C@@H]4C2=O)c(C)c1. The zero-order chi connectivity index (χ0) is 25.0. The van der Waals surface area contributed by atoms with Crippen molar-refractivity contribution in [2.45, 2.75) is 78.2 Å². The first-order chi connectivity index (χ1) is 15.8. The van der Waals surface area contributed by atoms with Gasteiger partial charge in [-0.15, -0.1) is 0 Å². The number of anilines is 1. The number of hydrogen-bond acceptors (Lipinski definition) is 5. The van der Waals surface area contributed by atoms with Gasteiger partial charge in [-0.25, -0.2) is 0 Å². The number of nitrogens with one attached hydrogen (secondary N) is 1. The van der Waals surface area contributed by atoms with Gasteiger partial charge in [0.15, 0.2) is 6.10 Å². The van der Waals surface area contributed by atoms with Gasteiger partial charge in [0.2, 0.25) is 5.91 Å². The van der Waals surface area contributed by atoms with E-state index in [-0.39, 0.29) is 17.7 Å². The Kier molecular flexibility index (Phi) is 6.13. The number of aryl methyl sites for hydroxylation is 2. The van der Waals surface area contributed by atoms with E-state index in [9.17, 15) is 14.4 Å². The van der Waals surface area contributed by atoms with E-state index in [4.69, 9.17) is 9.47 Å². The lowest BCUT2D eigenvalue weighted by Crippen LogP contribution is -2.49. The number of amides is 2. The predicted molar refractivity (Wildman–Crippen MR) is 129 cm³/mol. The van der Waals surface area contributed by atoms with E-state index < -0.39 is 41.2 Å². The topological polar surface area (TPSA) is 84.9 Å². The van der Waals surface area contributed by atoms with E-state index in [1.54, 1.807) is 4.90 Å². The molecule has 4 rings (SSSR count). The second-order valence-corrected chi connectivity index (χ2v) is 11.4. The first-order valence-electron chi connectivity index (χ1n) is 12.1. The molecule has 2 bridgehead atoms. The second-order valence-electron chi connectivity index (χ2n) is 11.4. The molecule has 0 radical (unpaired) electrons.